The lowest BCUT2D eigenvalue weighted by atomic mass is 9.74. The number of benzene rings is 2. The van der Waals surface area contributed by atoms with Crippen LogP contribution in [0.5, 0.6) is 0 Å². The molecule has 0 saturated heterocycles. The van der Waals surface area contributed by atoms with E-state index in [4.69, 9.17) is 5.11 Å². The zero-order valence-electron chi connectivity index (χ0n) is 11.5. The Morgan fingerprint density at radius 1 is 1.00 bits per heavy atom. The molecule has 0 saturated carbocycles. The smallest absolute Gasteiger partial charge is 0.335 e. The van der Waals surface area contributed by atoms with Crippen LogP contribution in [-0.4, -0.2) is 11.1 Å². The van der Waals surface area contributed by atoms with Gasteiger partial charge in [0.05, 0.1) is 5.56 Å². The third kappa shape index (κ3) is 2.22. The summed E-state index contributed by atoms with van der Waals surface area (Å²) >= 11 is 0. The molecule has 0 heterocycles. The molecule has 2 atom stereocenters. The summed E-state index contributed by atoms with van der Waals surface area (Å²) in [6.07, 6.45) is 2.31. The van der Waals surface area contributed by atoms with Gasteiger partial charge in [-0.25, -0.2) is 4.79 Å². The molecule has 0 aliphatic heterocycles. The van der Waals surface area contributed by atoms with E-state index in [2.05, 4.69) is 31.2 Å². The lowest BCUT2D eigenvalue weighted by molar-refractivity contribution is 0.0697. The molecule has 0 fully saturated rings. The summed E-state index contributed by atoms with van der Waals surface area (Å²) in [5.41, 5.74) is 4.40. The number of aromatic carboxylic acids is 1. The maximum absolute atomic E-state index is 10.9. The number of hydrogen-bond donors (Lipinski definition) is 1. The second kappa shape index (κ2) is 5.12. The van der Waals surface area contributed by atoms with Crippen LogP contribution in [0.4, 0.5) is 0 Å². The van der Waals surface area contributed by atoms with Crippen molar-refractivity contribution >= 4 is 5.97 Å². The first kappa shape index (κ1) is 12.9. The fourth-order valence-corrected chi connectivity index (χ4v) is 3.21. The summed E-state index contributed by atoms with van der Waals surface area (Å²) in [4.78, 5) is 10.9. The van der Waals surface area contributed by atoms with Crippen molar-refractivity contribution in [2.24, 2.45) is 0 Å². The summed E-state index contributed by atoms with van der Waals surface area (Å²) in [5, 5.41) is 8.98. The Hall–Kier alpha value is -2.09. The van der Waals surface area contributed by atoms with Crippen LogP contribution in [0, 0.1) is 0 Å². The number of carbonyl (C=O) groups is 1. The van der Waals surface area contributed by atoms with E-state index >= 15 is 0 Å². The molecule has 2 nitrogen and oxygen atoms in total. The molecule has 1 aliphatic rings. The van der Waals surface area contributed by atoms with Gasteiger partial charge in [0.2, 0.25) is 0 Å². The predicted octanol–water partition coefficient (Wildman–Crippen LogP) is 4.41. The molecule has 20 heavy (non-hydrogen) atoms. The highest BCUT2D eigenvalue weighted by atomic mass is 16.4. The van der Waals surface area contributed by atoms with Crippen molar-refractivity contribution in [1.82, 2.24) is 0 Å². The number of hydrogen-bond acceptors (Lipinski definition) is 1. The molecule has 2 aromatic rings. The predicted molar refractivity (Wildman–Crippen MR) is 79.3 cm³/mol. The van der Waals surface area contributed by atoms with Gasteiger partial charge in [0.15, 0.2) is 0 Å². The van der Waals surface area contributed by atoms with Gasteiger partial charge in [0, 0.05) is 5.92 Å². The molecular weight excluding hydrogens is 248 g/mol. The van der Waals surface area contributed by atoms with Crippen molar-refractivity contribution in [2.75, 3.05) is 0 Å². The van der Waals surface area contributed by atoms with Gasteiger partial charge in [-0.2, -0.15) is 0 Å². The van der Waals surface area contributed by atoms with E-state index in [1.165, 1.54) is 23.1 Å². The standard InChI is InChI=1S/C18H18O2/c1-12-6-11-16(17-5-3-2-4-15(12)17)13-7-9-14(10-8-13)18(19)20/h2-5,7-10,12,16H,6,11H2,1H3,(H,19,20)/t12-,16?/m1/s1. The van der Waals surface area contributed by atoms with Gasteiger partial charge >= 0.3 is 5.97 Å². The van der Waals surface area contributed by atoms with Gasteiger partial charge in [-0.15, -0.1) is 0 Å². The first-order valence-electron chi connectivity index (χ1n) is 7.09. The van der Waals surface area contributed by atoms with Gasteiger partial charge in [-0.1, -0.05) is 43.3 Å². The third-order valence-corrected chi connectivity index (χ3v) is 4.35. The molecule has 1 unspecified atom stereocenters. The summed E-state index contributed by atoms with van der Waals surface area (Å²) < 4.78 is 0. The van der Waals surface area contributed by atoms with Crippen molar-refractivity contribution < 1.29 is 9.90 Å². The van der Waals surface area contributed by atoms with Gasteiger partial charge in [-0.05, 0) is 47.6 Å². The number of rotatable bonds is 2. The van der Waals surface area contributed by atoms with Crippen molar-refractivity contribution in [3.8, 4) is 0 Å². The first-order valence-corrected chi connectivity index (χ1v) is 7.09. The van der Waals surface area contributed by atoms with E-state index in [0.717, 1.165) is 6.42 Å². The Morgan fingerprint density at radius 2 is 1.65 bits per heavy atom. The van der Waals surface area contributed by atoms with Crippen LogP contribution in [0.3, 0.4) is 0 Å². The molecule has 0 bridgehead atoms. The van der Waals surface area contributed by atoms with Gasteiger partial charge in [-0.3, -0.25) is 0 Å². The SMILES string of the molecule is C[C@@H]1CCC(c2ccc(C(=O)O)cc2)c2ccccc21. The molecule has 1 aliphatic carbocycles. The third-order valence-electron chi connectivity index (χ3n) is 4.35. The summed E-state index contributed by atoms with van der Waals surface area (Å²) in [5.74, 6) is 0.139. The minimum absolute atomic E-state index is 0.353. The van der Waals surface area contributed by atoms with Crippen molar-refractivity contribution in [3.63, 3.8) is 0 Å². The molecule has 2 aromatic carbocycles. The highest BCUT2D eigenvalue weighted by molar-refractivity contribution is 5.87. The fraction of sp³-hybridized carbons (Fsp3) is 0.278. The molecule has 1 N–H and O–H groups in total. The normalized spacial score (nSPS) is 21.2. The van der Waals surface area contributed by atoms with Gasteiger partial charge in [0.25, 0.3) is 0 Å². The van der Waals surface area contributed by atoms with Crippen LogP contribution >= 0.6 is 0 Å². The van der Waals surface area contributed by atoms with E-state index in [1.807, 2.05) is 12.1 Å². The quantitative estimate of drug-likeness (QED) is 0.874. The summed E-state index contributed by atoms with van der Waals surface area (Å²) in [6.45, 7) is 2.28. The monoisotopic (exact) mass is 266 g/mol. The maximum Gasteiger partial charge on any atom is 0.335 e. The van der Waals surface area contributed by atoms with Crippen molar-refractivity contribution in [2.45, 2.75) is 31.6 Å². The molecule has 2 heteroatoms. The average molecular weight is 266 g/mol. The summed E-state index contributed by atoms with van der Waals surface area (Å²) in [6, 6.07) is 16.0. The highest BCUT2D eigenvalue weighted by Gasteiger charge is 2.25. The maximum atomic E-state index is 10.9. The Balaban J connectivity index is 1.99. The first-order chi connectivity index (χ1) is 9.66. The minimum atomic E-state index is -0.866. The zero-order valence-corrected chi connectivity index (χ0v) is 11.5. The number of fused-ring (bicyclic) bond motifs is 1. The Labute approximate surface area is 119 Å². The molecule has 0 aromatic heterocycles. The van der Waals surface area contributed by atoms with Crippen LogP contribution in [0.25, 0.3) is 0 Å². The second-order valence-electron chi connectivity index (χ2n) is 5.59. The number of carboxylic acid groups (broad SMARTS) is 1. The molecule has 0 radical (unpaired) electrons. The fourth-order valence-electron chi connectivity index (χ4n) is 3.21. The van der Waals surface area contributed by atoms with Crippen LogP contribution in [0.2, 0.25) is 0 Å². The zero-order chi connectivity index (χ0) is 14.1. The molecule has 0 spiro atoms. The van der Waals surface area contributed by atoms with Gasteiger partial charge in [0.1, 0.15) is 0 Å². The van der Waals surface area contributed by atoms with Crippen molar-refractivity contribution in [1.29, 1.82) is 0 Å². The Bertz CT molecular complexity index is 628. The molecule has 3 rings (SSSR count). The largest absolute Gasteiger partial charge is 0.478 e. The van der Waals surface area contributed by atoms with Crippen LogP contribution < -0.4 is 0 Å². The van der Waals surface area contributed by atoms with E-state index < -0.39 is 5.97 Å². The van der Waals surface area contributed by atoms with E-state index in [9.17, 15) is 4.79 Å². The molecule has 0 amide bonds. The minimum Gasteiger partial charge on any atom is -0.478 e. The topological polar surface area (TPSA) is 37.3 Å². The average Bonchev–Trinajstić information content (AvgIpc) is 2.48. The molecular formula is C18H18O2. The van der Waals surface area contributed by atoms with E-state index in [1.54, 1.807) is 12.1 Å². The van der Waals surface area contributed by atoms with Gasteiger partial charge < -0.3 is 5.11 Å². The van der Waals surface area contributed by atoms with Crippen LogP contribution in [0.15, 0.2) is 48.5 Å². The number of carboxylic acids is 1. The van der Waals surface area contributed by atoms with E-state index in [0.29, 0.717) is 17.4 Å². The highest BCUT2D eigenvalue weighted by Crippen LogP contribution is 2.41. The summed E-state index contributed by atoms with van der Waals surface area (Å²) in [7, 11) is 0. The second-order valence-corrected chi connectivity index (χ2v) is 5.59. The Kier molecular flexibility index (Phi) is 3.31. The van der Waals surface area contributed by atoms with Crippen molar-refractivity contribution in [3.05, 3.63) is 70.8 Å². The van der Waals surface area contributed by atoms with E-state index in [-0.39, 0.29) is 0 Å². The Morgan fingerprint density at radius 3 is 2.30 bits per heavy atom. The van der Waals surface area contributed by atoms with Crippen LogP contribution in [0.1, 0.15) is 58.6 Å². The lowest BCUT2D eigenvalue weighted by Gasteiger charge is -2.30. The van der Waals surface area contributed by atoms with Crippen LogP contribution in [-0.2, 0) is 0 Å². The lowest BCUT2D eigenvalue weighted by Crippen LogP contribution is -2.13. The molecule has 102 valence electrons.